The molecule has 0 saturated heterocycles. The number of benzene rings is 1. The molecule has 0 bridgehead atoms. The Kier molecular flexibility index (Phi) is 1.78. The average Bonchev–Trinajstić information content (AvgIpc) is 2.49. The lowest BCUT2D eigenvalue weighted by molar-refractivity contribution is -0.383. The maximum atomic E-state index is 10.5. The molecule has 6 heteroatoms. The van der Waals surface area contributed by atoms with Crippen LogP contribution in [0.15, 0.2) is 17.5 Å². The summed E-state index contributed by atoms with van der Waals surface area (Å²) in [7, 11) is 0. The number of hydrogen-bond acceptors (Lipinski definition) is 5. The first-order chi connectivity index (χ1) is 6.61. The Labute approximate surface area is 82.5 Å². The van der Waals surface area contributed by atoms with E-state index in [1.165, 1.54) is 28.8 Å². The fraction of sp³-hybridized carbons (Fsp3) is 0. The number of nitro benzene ring substituents is 1. The quantitative estimate of drug-likeness (QED) is 0.428. The number of fused-ring (bicyclic) bond motifs is 1. The van der Waals surface area contributed by atoms with Gasteiger partial charge in [-0.15, -0.1) is 11.3 Å². The van der Waals surface area contributed by atoms with Crippen LogP contribution < -0.4 is 5.73 Å². The topological polar surface area (TPSA) is 89.4 Å². The van der Waals surface area contributed by atoms with Crippen molar-refractivity contribution in [1.29, 1.82) is 0 Å². The van der Waals surface area contributed by atoms with E-state index in [-0.39, 0.29) is 17.1 Å². The molecule has 0 amide bonds. The van der Waals surface area contributed by atoms with E-state index in [0.29, 0.717) is 10.1 Å². The van der Waals surface area contributed by atoms with Gasteiger partial charge in [0.25, 0.3) is 5.69 Å². The van der Waals surface area contributed by atoms with Crippen molar-refractivity contribution >= 4 is 32.8 Å². The van der Waals surface area contributed by atoms with Crippen LogP contribution in [0.5, 0.6) is 5.75 Å². The lowest BCUT2D eigenvalue weighted by atomic mass is 10.2. The lowest BCUT2D eigenvalue weighted by Gasteiger charge is -1.97. The molecule has 5 nitrogen and oxygen atoms in total. The SMILES string of the molecule is Nc1c([N+](=O)[O-])ccc2c(O)csc12. The Morgan fingerprint density at radius 2 is 2.21 bits per heavy atom. The standard InChI is InChI=1S/C8H6N2O3S/c9-7-5(10(12)13)2-1-4-6(11)3-14-8(4)7/h1-3,11H,9H2. The monoisotopic (exact) mass is 210 g/mol. The number of nitro groups is 1. The Balaban J connectivity index is 2.82. The number of nitrogens with zero attached hydrogens (tertiary/aromatic N) is 1. The van der Waals surface area contributed by atoms with Crippen molar-refractivity contribution in [2.24, 2.45) is 0 Å². The van der Waals surface area contributed by atoms with Crippen molar-refractivity contribution in [1.82, 2.24) is 0 Å². The highest BCUT2D eigenvalue weighted by Gasteiger charge is 2.16. The van der Waals surface area contributed by atoms with Crippen molar-refractivity contribution in [2.45, 2.75) is 0 Å². The number of anilines is 1. The first-order valence-electron chi connectivity index (χ1n) is 3.74. The van der Waals surface area contributed by atoms with Crippen LogP contribution in [0.1, 0.15) is 0 Å². The van der Waals surface area contributed by atoms with Crippen LogP contribution in [-0.4, -0.2) is 10.0 Å². The minimum atomic E-state index is -0.536. The second-order valence-electron chi connectivity index (χ2n) is 2.75. The summed E-state index contributed by atoms with van der Waals surface area (Å²) >= 11 is 1.19. The fourth-order valence-electron chi connectivity index (χ4n) is 1.26. The fourth-order valence-corrected chi connectivity index (χ4v) is 2.14. The normalized spacial score (nSPS) is 10.6. The van der Waals surface area contributed by atoms with Crippen molar-refractivity contribution in [3.05, 3.63) is 27.6 Å². The zero-order valence-corrected chi connectivity index (χ0v) is 7.75. The highest BCUT2D eigenvalue weighted by atomic mass is 32.1. The van der Waals surface area contributed by atoms with E-state index in [1.807, 2.05) is 0 Å². The molecule has 1 aromatic heterocycles. The number of aromatic hydroxyl groups is 1. The third-order valence-electron chi connectivity index (χ3n) is 1.93. The highest BCUT2D eigenvalue weighted by molar-refractivity contribution is 7.18. The number of thiophene rings is 1. The molecule has 1 heterocycles. The van der Waals surface area contributed by atoms with Gasteiger partial charge in [-0.05, 0) is 6.07 Å². The summed E-state index contributed by atoms with van der Waals surface area (Å²) in [6, 6.07) is 2.79. The lowest BCUT2D eigenvalue weighted by Crippen LogP contribution is -1.94. The molecule has 0 atom stereocenters. The van der Waals surface area contributed by atoms with Crippen molar-refractivity contribution in [3.8, 4) is 5.75 Å². The molecule has 0 aliphatic carbocycles. The molecular weight excluding hydrogens is 204 g/mol. The van der Waals surface area contributed by atoms with E-state index in [4.69, 9.17) is 5.73 Å². The van der Waals surface area contributed by atoms with Crippen LogP contribution in [0, 0.1) is 10.1 Å². The summed E-state index contributed by atoms with van der Waals surface area (Å²) in [6.45, 7) is 0. The number of nitrogens with two attached hydrogens (primary N) is 1. The molecule has 0 unspecified atom stereocenters. The van der Waals surface area contributed by atoms with Crippen LogP contribution in [0.2, 0.25) is 0 Å². The summed E-state index contributed by atoms with van der Waals surface area (Å²) in [6.07, 6.45) is 0. The van der Waals surface area contributed by atoms with Gasteiger partial charge in [-0.2, -0.15) is 0 Å². The zero-order valence-electron chi connectivity index (χ0n) is 6.93. The summed E-state index contributed by atoms with van der Waals surface area (Å²) in [5.74, 6) is 0.103. The minimum absolute atomic E-state index is 0.103. The third kappa shape index (κ3) is 1.08. The molecule has 1 aromatic carbocycles. The van der Waals surface area contributed by atoms with Crippen LogP contribution in [0.4, 0.5) is 11.4 Å². The van der Waals surface area contributed by atoms with Gasteiger partial charge in [0.15, 0.2) is 0 Å². The Hall–Kier alpha value is -1.82. The van der Waals surface area contributed by atoms with Crippen LogP contribution in [0.25, 0.3) is 10.1 Å². The van der Waals surface area contributed by atoms with Crippen molar-refractivity contribution in [3.63, 3.8) is 0 Å². The molecule has 0 aliphatic heterocycles. The second-order valence-corrected chi connectivity index (χ2v) is 3.63. The molecular formula is C8H6N2O3S. The predicted molar refractivity (Wildman–Crippen MR) is 54.6 cm³/mol. The van der Waals surface area contributed by atoms with Crippen LogP contribution in [-0.2, 0) is 0 Å². The van der Waals surface area contributed by atoms with E-state index < -0.39 is 4.92 Å². The van der Waals surface area contributed by atoms with E-state index in [2.05, 4.69) is 0 Å². The largest absolute Gasteiger partial charge is 0.506 e. The van der Waals surface area contributed by atoms with Gasteiger partial charge in [0.2, 0.25) is 0 Å². The van der Waals surface area contributed by atoms with E-state index in [9.17, 15) is 15.2 Å². The van der Waals surface area contributed by atoms with Crippen LogP contribution >= 0.6 is 11.3 Å². The Morgan fingerprint density at radius 3 is 2.86 bits per heavy atom. The van der Waals surface area contributed by atoms with E-state index >= 15 is 0 Å². The molecule has 0 spiro atoms. The second kappa shape index (κ2) is 2.85. The van der Waals surface area contributed by atoms with Crippen molar-refractivity contribution < 1.29 is 10.0 Å². The summed E-state index contributed by atoms with van der Waals surface area (Å²) in [5.41, 5.74) is 5.57. The van der Waals surface area contributed by atoms with Gasteiger partial charge in [0, 0.05) is 16.8 Å². The number of nitrogen functional groups attached to an aromatic ring is 1. The van der Waals surface area contributed by atoms with Gasteiger partial charge >= 0.3 is 0 Å². The van der Waals surface area contributed by atoms with Gasteiger partial charge in [-0.1, -0.05) is 0 Å². The zero-order chi connectivity index (χ0) is 10.3. The Bertz CT molecular complexity index is 521. The molecule has 72 valence electrons. The third-order valence-corrected chi connectivity index (χ3v) is 2.95. The summed E-state index contributed by atoms with van der Waals surface area (Å²) < 4.78 is 0.553. The first-order valence-corrected chi connectivity index (χ1v) is 4.62. The average molecular weight is 210 g/mol. The van der Waals surface area contributed by atoms with Gasteiger partial charge in [-0.25, -0.2) is 0 Å². The Morgan fingerprint density at radius 1 is 1.50 bits per heavy atom. The van der Waals surface area contributed by atoms with Gasteiger partial charge < -0.3 is 10.8 Å². The summed E-state index contributed by atoms with van der Waals surface area (Å²) in [5, 5.41) is 21.9. The molecule has 0 aliphatic rings. The first kappa shape index (κ1) is 8.76. The minimum Gasteiger partial charge on any atom is -0.506 e. The van der Waals surface area contributed by atoms with Gasteiger partial charge in [0.1, 0.15) is 11.4 Å². The highest BCUT2D eigenvalue weighted by Crippen LogP contribution is 2.39. The maximum absolute atomic E-state index is 10.5. The molecule has 0 fully saturated rings. The predicted octanol–water partition coefficient (Wildman–Crippen LogP) is 2.10. The smallest absolute Gasteiger partial charge is 0.293 e. The molecule has 0 radical (unpaired) electrons. The van der Waals surface area contributed by atoms with E-state index in [1.54, 1.807) is 0 Å². The number of hydrogen-bond donors (Lipinski definition) is 2. The molecule has 14 heavy (non-hydrogen) atoms. The molecule has 2 aromatic rings. The van der Waals surface area contributed by atoms with Crippen molar-refractivity contribution in [2.75, 3.05) is 5.73 Å². The number of rotatable bonds is 1. The maximum Gasteiger partial charge on any atom is 0.293 e. The molecule has 0 saturated carbocycles. The van der Waals surface area contributed by atoms with E-state index in [0.717, 1.165) is 0 Å². The molecule has 2 rings (SSSR count). The van der Waals surface area contributed by atoms with Gasteiger partial charge in [-0.3, -0.25) is 10.1 Å². The molecule has 3 N–H and O–H groups in total. The summed E-state index contributed by atoms with van der Waals surface area (Å²) in [4.78, 5) is 10.0. The van der Waals surface area contributed by atoms with Crippen LogP contribution in [0.3, 0.4) is 0 Å². The van der Waals surface area contributed by atoms with Gasteiger partial charge in [0.05, 0.1) is 9.62 Å².